The first-order valence-electron chi connectivity index (χ1n) is 9.75. The molecule has 6 nitrogen and oxygen atoms in total. The second-order valence-corrected chi connectivity index (χ2v) is 7.77. The molecule has 0 radical (unpaired) electrons. The average molecular weight is 468 g/mol. The summed E-state index contributed by atoms with van der Waals surface area (Å²) in [6.07, 6.45) is 3.25. The maximum Gasteiger partial charge on any atom is 0.255 e. The number of benzene rings is 3. The quantitative estimate of drug-likeness (QED) is 0.342. The van der Waals surface area contributed by atoms with E-state index in [-0.39, 0.29) is 12.6 Å². The van der Waals surface area contributed by atoms with Gasteiger partial charge in [0, 0.05) is 15.6 Å². The lowest BCUT2D eigenvalue weighted by atomic mass is 10.1. The minimum Gasteiger partial charge on any atom is -0.489 e. The number of carbonyl (C=O) groups is 1. The van der Waals surface area contributed by atoms with E-state index in [0.717, 1.165) is 11.3 Å². The van der Waals surface area contributed by atoms with Crippen LogP contribution in [-0.4, -0.2) is 15.7 Å². The lowest BCUT2D eigenvalue weighted by molar-refractivity contribution is 0.102. The van der Waals surface area contributed by atoms with Crippen molar-refractivity contribution in [1.82, 2.24) is 9.78 Å². The Bertz CT molecular complexity index is 1190. The van der Waals surface area contributed by atoms with Crippen molar-refractivity contribution in [2.45, 2.75) is 13.3 Å². The van der Waals surface area contributed by atoms with Crippen LogP contribution < -0.4 is 14.8 Å². The van der Waals surface area contributed by atoms with Gasteiger partial charge >= 0.3 is 0 Å². The van der Waals surface area contributed by atoms with Crippen molar-refractivity contribution in [2.75, 3.05) is 5.32 Å². The van der Waals surface area contributed by atoms with Crippen molar-refractivity contribution < 1.29 is 14.3 Å². The number of hydrogen-bond donors (Lipinski definition) is 1. The molecule has 0 bridgehead atoms. The van der Waals surface area contributed by atoms with Crippen molar-refractivity contribution in [2.24, 2.45) is 0 Å². The summed E-state index contributed by atoms with van der Waals surface area (Å²) >= 11 is 11.8. The third-order valence-corrected chi connectivity index (χ3v) is 4.97. The van der Waals surface area contributed by atoms with Gasteiger partial charge in [-0.25, -0.2) is 4.68 Å². The molecule has 0 unspecified atom stereocenters. The van der Waals surface area contributed by atoms with Crippen LogP contribution in [0.4, 0.5) is 5.69 Å². The number of nitrogens with one attached hydrogen (secondary N) is 1. The zero-order valence-electron chi connectivity index (χ0n) is 16.9. The van der Waals surface area contributed by atoms with Gasteiger partial charge in [-0.05, 0) is 60.2 Å². The lowest BCUT2D eigenvalue weighted by Gasteiger charge is -2.08. The number of nitrogens with zero attached hydrogens (tertiary/aromatic N) is 2. The van der Waals surface area contributed by atoms with E-state index in [1.165, 1.54) is 0 Å². The van der Waals surface area contributed by atoms with Crippen LogP contribution in [0.3, 0.4) is 0 Å². The van der Waals surface area contributed by atoms with Crippen LogP contribution in [0.25, 0.3) is 0 Å². The summed E-state index contributed by atoms with van der Waals surface area (Å²) in [6, 6.07) is 21.5. The summed E-state index contributed by atoms with van der Waals surface area (Å²) in [6.45, 7) is 0.585. The summed E-state index contributed by atoms with van der Waals surface area (Å²) in [7, 11) is 0. The molecule has 4 rings (SSSR count). The van der Waals surface area contributed by atoms with Crippen LogP contribution in [-0.2, 0) is 13.3 Å². The second kappa shape index (κ2) is 10.2. The largest absolute Gasteiger partial charge is 0.489 e. The standard InChI is InChI=1S/C24H19Cl2N3O3/c25-19-8-10-22(11-9-19)31-15-17-4-6-18(7-5-17)24(30)28-21-13-27-29(14-21)16-32-23-3-1-2-20(26)12-23/h1-14H,15-16H2,(H,28,30). The Morgan fingerprint density at radius 3 is 2.44 bits per heavy atom. The van der Waals surface area contributed by atoms with Crippen molar-refractivity contribution in [1.29, 1.82) is 0 Å². The van der Waals surface area contributed by atoms with Gasteiger partial charge in [0.2, 0.25) is 0 Å². The summed E-state index contributed by atoms with van der Waals surface area (Å²) in [4.78, 5) is 12.5. The van der Waals surface area contributed by atoms with Crippen molar-refractivity contribution in [3.05, 3.63) is 106 Å². The van der Waals surface area contributed by atoms with Gasteiger partial charge in [0.25, 0.3) is 5.91 Å². The first-order valence-corrected chi connectivity index (χ1v) is 10.5. The molecule has 4 aromatic rings. The van der Waals surface area contributed by atoms with Crippen LogP contribution in [0, 0.1) is 0 Å². The molecule has 1 aromatic heterocycles. The highest BCUT2D eigenvalue weighted by Gasteiger charge is 2.08. The van der Waals surface area contributed by atoms with E-state index >= 15 is 0 Å². The fourth-order valence-electron chi connectivity index (χ4n) is 2.85. The minimum atomic E-state index is -0.231. The van der Waals surface area contributed by atoms with Crippen molar-refractivity contribution >= 4 is 34.8 Å². The number of amides is 1. The Kier molecular flexibility index (Phi) is 6.94. The number of aromatic nitrogens is 2. The molecule has 0 fully saturated rings. The molecule has 0 spiro atoms. The molecule has 0 aliphatic heterocycles. The van der Waals surface area contributed by atoms with Crippen LogP contribution >= 0.6 is 23.2 Å². The van der Waals surface area contributed by atoms with E-state index in [2.05, 4.69) is 10.4 Å². The maximum atomic E-state index is 12.5. The van der Waals surface area contributed by atoms with Crippen LogP contribution in [0.1, 0.15) is 15.9 Å². The van der Waals surface area contributed by atoms with Gasteiger partial charge in [-0.1, -0.05) is 41.4 Å². The molecule has 162 valence electrons. The maximum absolute atomic E-state index is 12.5. The molecular weight excluding hydrogens is 449 g/mol. The number of hydrogen-bond acceptors (Lipinski definition) is 4. The van der Waals surface area contributed by atoms with E-state index < -0.39 is 0 Å². The first-order chi connectivity index (χ1) is 15.5. The van der Waals surface area contributed by atoms with E-state index in [1.54, 1.807) is 53.5 Å². The molecule has 1 amide bonds. The summed E-state index contributed by atoms with van der Waals surface area (Å²) in [5, 5.41) is 8.27. The molecule has 1 N–H and O–H groups in total. The molecule has 3 aromatic carbocycles. The van der Waals surface area contributed by atoms with Gasteiger partial charge in [0.15, 0.2) is 6.73 Å². The van der Waals surface area contributed by atoms with E-state index in [4.69, 9.17) is 32.7 Å². The van der Waals surface area contributed by atoms with Gasteiger partial charge < -0.3 is 14.8 Å². The van der Waals surface area contributed by atoms with E-state index in [0.29, 0.717) is 33.7 Å². The Morgan fingerprint density at radius 1 is 0.906 bits per heavy atom. The monoisotopic (exact) mass is 467 g/mol. The van der Waals surface area contributed by atoms with E-state index in [1.807, 2.05) is 36.4 Å². The number of halogens is 2. The molecule has 0 atom stereocenters. The van der Waals surface area contributed by atoms with Gasteiger partial charge in [0.1, 0.15) is 18.1 Å². The molecular formula is C24H19Cl2N3O3. The van der Waals surface area contributed by atoms with Gasteiger partial charge in [0.05, 0.1) is 18.1 Å². The highest BCUT2D eigenvalue weighted by atomic mass is 35.5. The molecule has 0 saturated heterocycles. The van der Waals surface area contributed by atoms with Crippen LogP contribution in [0.5, 0.6) is 11.5 Å². The lowest BCUT2D eigenvalue weighted by Crippen LogP contribution is -2.11. The minimum absolute atomic E-state index is 0.193. The predicted octanol–water partition coefficient (Wildman–Crippen LogP) is 6.06. The third-order valence-electron chi connectivity index (χ3n) is 4.49. The number of anilines is 1. The van der Waals surface area contributed by atoms with Crippen LogP contribution in [0.15, 0.2) is 85.2 Å². The van der Waals surface area contributed by atoms with Gasteiger partial charge in [-0.2, -0.15) is 5.10 Å². The molecule has 8 heteroatoms. The fourth-order valence-corrected chi connectivity index (χ4v) is 3.16. The highest BCUT2D eigenvalue weighted by molar-refractivity contribution is 6.30. The molecule has 0 aliphatic rings. The smallest absolute Gasteiger partial charge is 0.255 e. The Balaban J connectivity index is 1.28. The van der Waals surface area contributed by atoms with Crippen molar-refractivity contribution in [3.63, 3.8) is 0 Å². The average Bonchev–Trinajstić information content (AvgIpc) is 3.25. The number of rotatable bonds is 8. The normalized spacial score (nSPS) is 10.6. The fraction of sp³-hybridized carbons (Fsp3) is 0.0833. The number of ether oxygens (including phenoxy) is 2. The topological polar surface area (TPSA) is 65.4 Å². The summed E-state index contributed by atoms with van der Waals surface area (Å²) in [5.41, 5.74) is 2.05. The second-order valence-electron chi connectivity index (χ2n) is 6.89. The summed E-state index contributed by atoms with van der Waals surface area (Å²) < 4.78 is 12.9. The number of carbonyl (C=O) groups excluding carboxylic acids is 1. The summed E-state index contributed by atoms with van der Waals surface area (Å²) in [5.74, 6) is 1.14. The van der Waals surface area contributed by atoms with Crippen molar-refractivity contribution in [3.8, 4) is 11.5 Å². The molecule has 0 aliphatic carbocycles. The highest BCUT2D eigenvalue weighted by Crippen LogP contribution is 2.19. The van der Waals surface area contributed by atoms with Gasteiger partial charge in [-0.3, -0.25) is 4.79 Å². The third kappa shape index (κ3) is 6.03. The molecule has 1 heterocycles. The first kappa shape index (κ1) is 21.7. The SMILES string of the molecule is O=C(Nc1cnn(COc2cccc(Cl)c2)c1)c1ccc(COc2ccc(Cl)cc2)cc1. The van der Waals surface area contributed by atoms with E-state index in [9.17, 15) is 4.79 Å². The van der Waals surface area contributed by atoms with Gasteiger partial charge in [-0.15, -0.1) is 0 Å². The zero-order chi connectivity index (χ0) is 22.3. The molecule has 32 heavy (non-hydrogen) atoms. The Hall–Kier alpha value is -3.48. The Labute approximate surface area is 195 Å². The van der Waals surface area contributed by atoms with Crippen LogP contribution in [0.2, 0.25) is 10.0 Å². The Morgan fingerprint density at radius 2 is 1.69 bits per heavy atom. The zero-order valence-corrected chi connectivity index (χ0v) is 18.4. The molecule has 0 saturated carbocycles. The predicted molar refractivity (Wildman–Crippen MR) is 124 cm³/mol.